The minimum Gasteiger partial charge on any atom is -0.511 e. The molecule has 0 saturated heterocycles. The highest BCUT2D eigenvalue weighted by Crippen LogP contribution is 2.28. The Balaban J connectivity index is 2.36. The van der Waals surface area contributed by atoms with Gasteiger partial charge in [0.2, 0.25) is 0 Å². The Kier molecular flexibility index (Phi) is 2.60. The number of aliphatic imine (C=N–C) groups is 1. The van der Waals surface area contributed by atoms with Gasteiger partial charge in [-0.1, -0.05) is 18.2 Å². The fraction of sp³-hybridized carbons (Fsp3) is 0.231. The van der Waals surface area contributed by atoms with Crippen molar-refractivity contribution in [1.29, 1.82) is 0 Å². The lowest BCUT2D eigenvalue weighted by atomic mass is 9.90. The van der Waals surface area contributed by atoms with Crippen LogP contribution in [0.1, 0.15) is 18.9 Å². The van der Waals surface area contributed by atoms with E-state index < -0.39 is 0 Å². The molecule has 1 aliphatic rings. The normalized spacial score (nSPS) is 17.5. The maximum atomic E-state index is 11.2. The van der Waals surface area contributed by atoms with Crippen LogP contribution in [0.5, 0.6) is 0 Å². The molecule has 1 aliphatic carbocycles. The minimum absolute atomic E-state index is 0.129. The summed E-state index contributed by atoms with van der Waals surface area (Å²) in [5.41, 5.74) is 2.97. The molecule has 16 heavy (non-hydrogen) atoms. The zero-order valence-corrected chi connectivity index (χ0v) is 9.32. The summed E-state index contributed by atoms with van der Waals surface area (Å²) in [6, 6.07) is 7.71. The van der Waals surface area contributed by atoms with Crippen molar-refractivity contribution in [3.63, 3.8) is 0 Å². The SMILES string of the molecule is CC(=O)C1=C(O)CC1=Nc1ccccc1C. The maximum absolute atomic E-state index is 11.2. The molecule has 0 amide bonds. The molecule has 0 bridgehead atoms. The average Bonchev–Trinajstić information content (AvgIpc) is 2.19. The Morgan fingerprint density at radius 1 is 1.38 bits per heavy atom. The summed E-state index contributed by atoms with van der Waals surface area (Å²) in [4.78, 5) is 15.6. The summed E-state index contributed by atoms with van der Waals surface area (Å²) in [6.45, 7) is 3.41. The number of hydrogen-bond acceptors (Lipinski definition) is 3. The van der Waals surface area contributed by atoms with Crippen molar-refractivity contribution in [1.82, 2.24) is 0 Å². The highest BCUT2D eigenvalue weighted by atomic mass is 16.3. The van der Waals surface area contributed by atoms with Crippen molar-refractivity contribution in [3.8, 4) is 0 Å². The van der Waals surface area contributed by atoms with Gasteiger partial charge in [0.25, 0.3) is 0 Å². The third-order valence-corrected chi connectivity index (χ3v) is 2.63. The Hall–Kier alpha value is -1.90. The predicted octanol–water partition coefficient (Wildman–Crippen LogP) is 2.87. The summed E-state index contributed by atoms with van der Waals surface area (Å²) < 4.78 is 0. The number of rotatable bonds is 2. The summed E-state index contributed by atoms with van der Waals surface area (Å²) in [5, 5.41) is 9.37. The van der Waals surface area contributed by atoms with Gasteiger partial charge in [0.05, 0.1) is 17.0 Å². The standard InChI is InChI=1S/C13H13NO2/c1-8-5-3-4-6-10(8)14-11-7-12(16)13(11)9(2)15/h3-6,16H,7H2,1-2H3. The van der Waals surface area contributed by atoms with Crippen LogP contribution in [0.2, 0.25) is 0 Å². The van der Waals surface area contributed by atoms with Gasteiger partial charge in [0.15, 0.2) is 5.78 Å². The fourth-order valence-electron chi connectivity index (χ4n) is 1.73. The van der Waals surface area contributed by atoms with Gasteiger partial charge in [-0.25, -0.2) is 0 Å². The van der Waals surface area contributed by atoms with Crippen LogP contribution in [-0.2, 0) is 4.79 Å². The topological polar surface area (TPSA) is 49.7 Å². The van der Waals surface area contributed by atoms with Gasteiger partial charge in [0.1, 0.15) is 5.76 Å². The van der Waals surface area contributed by atoms with E-state index in [0.29, 0.717) is 17.7 Å². The molecule has 0 unspecified atom stereocenters. The zero-order valence-electron chi connectivity index (χ0n) is 9.32. The maximum Gasteiger partial charge on any atom is 0.165 e. The average molecular weight is 215 g/mol. The van der Waals surface area contributed by atoms with Crippen LogP contribution < -0.4 is 0 Å². The van der Waals surface area contributed by atoms with E-state index in [0.717, 1.165) is 11.3 Å². The van der Waals surface area contributed by atoms with Gasteiger partial charge in [-0.3, -0.25) is 9.79 Å². The van der Waals surface area contributed by atoms with E-state index in [1.807, 2.05) is 31.2 Å². The van der Waals surface area contributed by atoms with E-state index in [9.17, 15) is 9.90 Å². The molecular formula is C13H13NO2. The van der Waals surface area contributed by atoms with Crippen LogP contribution in [0, 0.1) is 6.92 Å². The summed E-state index contributed by atoms with van der Waals surface area (Å²) in [6.07, 6.45) is 0.392. The van der Waals surface area contributed by atoms with E-state index in [2.05, 4.69) is 4.99 Å². The van der Waals surface area contributed by atoms with Crippen LogP contribution in [0.4, 0.5) is 5.69 Å². The molecule has 1 N–H and O–H groups in total. The van der Waals surface area contributed by atoms with Crippen LogP contribution in [0.3, 0.4) is 0 Å². The smallest absolute Gasteiger partial charge is 0.165 e. The van der Waals surface area contributed by atoms with Crippen molar-refractivity contribution in [2.45, 2.75) is 20.3 Å². The van der Waals surface area contributed by atoms with Gasteiger partial charge >= 0.3 is 0 Å². The van der Waals surface area contributed by atoms with Gasteiger partial charge in [-0.15, -0.1) is 0 Å². The first kappa shape index (κ1) is 10.6. The fourth-order valence-corrected chi connectivity index (χ4v) is 1.73. The molecule has 3 heteroatoms. The Morgan fingerprint density at radius 3 is 2.62 bits per heavy atom. The largest absolute Gasteiger partial charge is 0.511 e. The molecule has 0 spiro atoms. The first-order chi connectivity index (χ1) is 7.59. The van der Waals surface area contributed by atoms with Crippen molar-refractivity contribution < 1.29 is 9.90 Å². The molecule has 1 aromatic carbocycles. The number of allylic oxidation sites excluding steroid dienone is 2. The molecule has 0 radical (unpaired) electrons. The predicted molar refractivity (Wildman–Crippen MR) is 63.2 cm³/mol. The number of hydrogen-bond donors (Lipinski definition) is 1. The number of nitrogens with zero attached hydrogens (tertiary/aromatic N) is 1. The quantitative estimate of drug-likeness (QED) is 0.824. The van der Waals surface area contributed by atoms with Crippen LogP contribution in [0.15, 0.2) is 40.6 Å². The first-order valence-corrected chi connectivity index (χ1v) is 5.16. The Bertz CT molecular complexity index is 512. The third-order valence-electron chi connectivity index (χ3n) is 2.63. The molecule has 0 saturated carbocycles. The van der Waals surface area contributed by atoms with Gasteiger partial charge in [0, 0.05) is 6.42 Å². The van der Waals surface area contributed by atoms with Gasteiger partial charge in [-0.2, -0.15) is 0 Å². The van der Waals surface area contributed by atoms with Crippen molar-refractivity contribution >= 4 is 17.2 Å². The number of aliphatic hydroxyl groups excluding tert-OH is 1. The number of benzene rings is 1. The van der Waals surface area contributed by atoms with E-state index in [4.69, 9.17) is 0 Å². The number of aryl methyl sites for hydroxylation is 1. The molecular weight excluding hydrogens is 202 g/mol. The minimum atomic E-state index is -0.129. The number of carbonyl (C=O) groups is 1. The lowest BCUT2D eigenvalue weighted by Crippen LogP contribution is -2.23. The number of ketones is 1. The number of aliphatic hydroxyl groups is 1. The van der Waals surface area contributed by atoms with E-state index in [1.165, 1.54) is 6.92 Å². The summed E-state index contributed by atoms with van der Waals surface area (Å²) in [5.74, 6) is 0.0240. The van der Waals surface area contributed by atoms with E-state index in [-0.39, 0.29) is 11.5 Å². The molecule has 0 aromatic heterocycles. The summed E-state index contributed by atoms with van der Waals surface area (Å²) in [7, 11) is 0. The highest BCUT2D eigenvalue weighted by Gasteiger charge is 2.28. The first-order valence-electron chi connectivity index (χ1n) is 5.16. The molecule has 82 valence electrons. The van der Waals surface area contributed by atoms with Gasteiger partial charge in [-0.05, 0) is 25.5 Å². The molecule has 0 aliphatic heterocycles. The van der Waals surface area contributed by atoms with Crippen molar-refractivity contribution in [3.05, 3.63) is 41.2 Å². The number of para-hydroxylation sites is 1. The second-order valence-electron chi connectivity index (χ2n) is 3.90. The van der Waals surface area contributed by atoms with E-state index in [1.54, 1.807) is 0 Å². The van der Waals surface area contributed by atoms with E-state index >= 15 is 0 Å². The zero-order chi connectivity index (χ0) is 11.7. The van der Waals surface area contributed by atoms with Gasteiger partial charge < -0.3 is 5.11 Å². The molecule has 3 nitrogen and oxygen atoms in total. The molecule has 1 aromatic rings. The van der Waals surface area contributed by atoms with Crippen LogP contribution in [0.25, 0.3) is 0 Å². The number of carbonyl (C=O) groups excluding carboxylic acids is 1. The monoisotopic (exact) mass is 215 g/mol. The van der Waals surface area contributed by atoms with Crippen molar-refractivity contribution in [2.24, 2.45) is 4.99 Å². The summed E-state index contributed by atoms with van der Waals surface area (Å²) >= 11 is 0. The molecule has 0 heterocycles. The number of Topliss-reactive ketones (excluding diaryl/α,β-unsaturated/α-hetero) is 1. The molecule has 2 rings (SSSR count). The Labute approximate surface area is 94.1 Å². The lowest BCUT2D eigenvalue weighted by Gasteiger charge is -2.19. The second-order valence-corrected chi connectivity index (χ2v) is 3.90. The van der Waals surface area contributed by atoms with Crippen LogP contribution in [-0.4, -0.2) is 16.6 Å². The second kappa shape index (κ2) is 3.93. The lowest BCUT2D eigenvalue weighted by molar-refractivity contribution is -0.113. The third kappa shape index (κ3) is 1.76. The Morgan fingerprint density at radius 2 is 2.06 bits per heavy atom. The van der Waals surface area contributed by atoms with Crippen molar-refractivity contribution in [2.75, 3.05) is 0 Å². The van der Waals surface area contributed by atoms with Crippen LogP contribution >= 0.6 is 0 Å². The highest BCUT2D eigenvalue weighted by molar-refractivity contribution is 6.27. The molecule has 0 fully saturated rings. The molecule has 0 atom stereocenters.